The Morgan fingerprint density at radius 2 is 2.16 bits per heavy atom. The maximum Gasteiger partial charge on any atom is 0.255 e. The second-order valence-corrected chi connectivity index (χ2v) is 7.66. The van der Waals surface area contributed by atoms with Crippen molar-refractivity contribution in [1.82, 2.24) is 4.90 Å². The molecule has 0 radical (unpaired) electrons. The number of likely N-dealkylation sites (tertiary alicyclic amines) is 1. The molecule has 1 aromatic carbocycles. The molecule has 19 heavy (non-hydrogen) atoms. The van der Waals surface area contributed by atoms with E-state index in [4.69, 9.17) is 11.6 Å². The number of hydrogen-bond acceptors (Lipinski definition) is 3. The topological polar surface area (TPSA) is 54.5 Å². The Bertz CT molecular complexity index is 661. The Morgan fingerprint density at radius 1 is 1.42 bits per heavy atom. The molecule has 0 aromatic heterocycles. The largest absolute Gasteiger partial charge is 0.333 e. The summed E-state index contributed by atoms with van der Waals surface area (Å²) < 4.78 is 36.2. The number of hydrogen-bond donors (Lipinski definition) is 0. The predicted molar refractivity (Wildman–Crippen MR) is 68.4 cm³/mol. The van der Waals surface area contributed by atoms with Crippen LogP contribution in [-0.4, -0.2) is 42.8 Å². The zero-order chi connectivity index (χ0) is 13.8. The van der Waals surface area contributed by atoms with Gasteiger partial charge in [0.05, 0.1) is 21.6 Å². The Morgan fingerprint density at radius 3 is 2.68 bits per heavy atom. The molecule has 3 rings (SSSR count). The highest BCUT2D eigenvalue weighted by molar-refractivity contribution is 7.92. The van der Waals surface area contributed by atoms with Gasteiger partial charge in [0.1, 0.15) is 5.82 Å². The van der Waals surface area contributed by atoms with E-state index >= 15 is 0 Å². The predicted octanol–water partition coefficient (Wildman–Crippen LogP) is 1.49. The van der Waals surface area contributed by atoms with Crippen molar-refractivity contribution in [2.24, 2.45) is 0 Å². The van der Waals surface area contributed by atoms with Gasteiger partial charge in [-0.05, 0) is 24.6 Å². The number of sulfone groups is 1. The van der Waals surface area contributed by atoms with Crippen molar-refractivity contribution >= 4 is 27.3 Å². The van der Waals surface area contributed by atoms with E-state index in [0.29, 0.717) is 6.42 Å². The Labute approximate surface area is 115 Å². The van der Waals surface area contributed by atoms with Crippen LogP contribution in [0.15, 0.2) is 18.2 Å². The van der Waals surface area contributed by atoms with Gasteiger partial charge in [0.25, 0.3) is 5.91 Å². The minimum absolute atomic E-state index is 0.0161. The molecule has 2 unspecified atom stereocenters. The highest BCUT2D eigenvalue weighted by atomic mass is 35.5. The molecule has 2 saturated heterocycles. The smallest absolute Gasteiger partial charge is 0.255 e. The molecule has 1 aromatic rings. The third kappa shape index (κ3) is 2.03. The monoisotopic (exact) mass is 303 g/mol. The van der Waals surface area contributed by atoms with E-state index in [-0.39, 0.29) is 34.8 Å². The van der Waals surface area contributed by atoms with Crippen molar-refractivity contribution in [3.63, 3.8) is 0 Å². The molecule has 4 nitrogen and oxygen atoms in total. The highest BCUT2D eigenvalue weighted by Gasteiger charge is 2.50. The molecule has 2 bridgehead atoms. The van der Waals surface area contributed by atoms with Gasteiger partial charge >= 0.3 is 0 Å². The van der Waals surface area contributed by atoms with E-state index in [9.17, 15) is 17.6 Å². The third-order valence-electron chi connectivity index (χ3n) is 3.73. The number of carbonyl (C=O) groups excluding carboxylic acids is 1. The number of fused-ring (bicyclic) bond motifs is 2. The van der Waals surface area contributed by atoms with Crippen LogP contribution in [0.1, 0.15) is 16.8 Å². The maximum atomic E-state index is 13.0. The molecular weight excluding hydrogens is 293 g/mol. The van der Waals surface area contributed by atoms with Gasteiger partial charge in [-0.2, -0.15) is 0 Å². The molecule has 0 aliphatic carbocycles. The number of halogens is 2. The first-order chi connectivity index (χ1) is 8.88. The van der Waals surface area contributed by atoms with Crippen LogP contribution < -0.4 is 0 Å². The summed E-state index contributed by atoms with van der Waals surface area (Å²) in [5.41, 5.74) is 0.216. The second-order valence-electron chi connectivity index (χ2n) is 4.92. The van der Waals surface area contributed by atoms with Gasteiger partial charge in [0.15, 0.2) is 9.84 Å². The van der Waals surface area contributed by atoms with Crippen LogP contribution in [0.5, 0.6) is 0 Å². The van der Waals surface area contributed by atoms with Gasteiger partial charge < -0.3 is 4.90 Å². The number of carbonyl (C=O) groups is 1. The standard InChI is InChI=1S/C12H11ClFNO3S/c13-11-3-7(14)1-2-10(11)12(16)15-5-9-4-8(15)6-19(9,17)18/h1-3,8-9H,4-6H2. The molecule has 102 valence electrons. The van der Waals surface area contributed by atoms with E-state index in [1.54, 1.807) is 0 Å². The van der Waals surface area contributed by atoms with Crippen molar-refractivity contribution < 1.29 is 17.6 Å². The van der Waals surface area contributed by atoms with Crippen LogP contribution >= 0.6 is 11.6 Å². The van der Waals surface area contributed by atoms with Crippen LogP contribution in [-0.2, 0) is 9.84 Å². The number of rotatable bonds is 1. The summed E-state index contributed by atoms with van der Waals surface area (Å²) in [6.45, 7) is 0.208. The summed E-state index contributed by atoms with van der Waals surface area (Å²) >= 11 is 5.86. The van der Waals surface area contributed by atoms with Crippen molar-refractivity contribution in [3.8, 4) is 0 Å². The minimum atomic E-state index is -3.04. The molecule has 2 aliphatic heterocycles. The molecule has 0 N–H and O–H groups in total. The first kappa shape index (κ1) is 12.9. The number of amides is 1. The molecule has 0 spiro atoms. The lowest BCUT2D eigenvalue weighted by molar-refractivity contribution is 0.0746. The van der Waals surface area contributed by atoms with E-state index in [0.717, 1.165) is 6.07 Å². The normalized spacial score (nSPS) is 27.8. The van der Waals surface area contributed by atoms with Crippen molar-refractivity contribution in [1.29, 1.82) is 0 Å². The van der Waals surface area contributed by atoms with E-state index in [1.807, 2.05) is 0 Å². The fourth-order valence-electron chi connectivity index (χ4n) is 2.76. The third-order valence-corrected chi connectivity index (χ3v) is 6.25. The second kappa shape index (κ2) is 4.18. The number of nitrogens with zero attached hydrogens (tertiary/aromatic N) is 1. The zero-order valence-corrected chi connectivity index (χ0v) is 11.4. The fourth-order valence-corrected chi connectivity index (χ4v) is 5.04. The van der Waals surface area contributed by atoms with E-state index < -0.39 is 20.9 Å². The Balaban J connectivity index is 1.87. The summed E-state index contributed by atoms with van der Waals surface area (Å²) in [7, 11) is -3.04. The quantitative estimate of drug-likeness (QED) is 0.790. The average Bonchev–Trinajstić information content (AvgIpc) is 2.83. The van der Waals surface area contributed by atoms with Crippen molar-refractivity contribution in [3.05, 3.63) is 34.6 Å². The van der Waals surface area contributed by atoms with Gasteiger partial charge in [-0.25, -0.2) is 12.8 Å². The van der Waals surface area contributed by atoms with E-state index in [1.165, 1.54) is 17.0 Å². The first-order valence-electron chi connectivity index (χ1n) is 5.86. The van der Waals surface area contributed by atoms with Gasteiger partial charge in [-0.3, -0.25) is 4.79 Å². The Kier molecular flexibility index (Phi) is 2.83. The molecule has 0 saturated carbocycles. The number of benzene rings is 1. The molecule has 2 fully saturated rings. The summed E-state index contributed by atoms with van der Waals surface area (Å²) in [5, 5.41) is -0.406. The van der Waals surface area contributed by atoms with Crippen LogP contribution in [0.2, 0.25) is 5.02 Å². The molecule has 1 amide bonds. The maximum absolute atomic E-state index is 13.0. The van der Waals surface area contributed by atoms with Gasteiger partial charge in [0, 0.05) is 12.6 Å². The van der Waals surface area contributed by atoms with E-state index in [2.05, 4.69) is 0 Å². The minimum Gasteiger partial charge on any atom is -0.333 e. The summed E-state index contributed by atoms with van der Waals surface area (Å²) in [5.74, 6) is -0.818. The summed E-state index contributed by atoms with van der Waals surface area (Å²) in [6, 6.07) is 3.31. The summed E-state index contributed by atoms with van der Waals surface area (Å²) in [4.78, 5) is 13.8. The van der Waals surface area contributed by atoms with Crippen LogP contribution in [0.3, 0.4) is 0 Å². The van der Waals surface area contributed by atoms with Gasteiger partial charge in [-0.15, -0.1) is 0 Å². The fraction of sp³-hybridized carbons (Fsp3) is 0.417. The van der Waals surface area contributed by atoms with Gasteiger partial charge in [-0.1, -0.05) is 11.6 Å². The first-order valence-corrected chi connectivity index (χ1v) is 7.95. The molecule has 2 atom stereocenters. The lowest BCUT2D eigenvalue weighted by Gasteiger charge is -2.27. The molecule has 7 heteroatoms. The van der Waals surface area contributed by atoms with Crippen molar-refractivity contribution in [2.75, 3.05) is 12.3 Å². The molecule has 2 heterocycles. The van der Waals surface area contributed by atoms with Gasteiger partial charge in [0.2, 0.25) is 0 Å². The Hall–Kier alpha value is -1.14. The summed E-state index contributed by atoms with van der Waals surface area (Å²) in [6.07, 6.45) is 0.493. The molecular formula is C12H11ClFNO3S. The lowest BCUT2D eigenvalue weighted by atomic mass is 10.1. The lowest BCUT2D eigenvalue weighted by Crippen LogP contribution is -2.44. The zero-order valence-electron chi connectivity index (χ0n) is 9.84. The van der Waals surface area contributed by atoms with Crippen molar-refractivity contribution in [2.45, 2.75) is 17.7 Å². The van der Waals surface area contributed by atoms with Crippen LogP contribution in [0.4, 0.5) is 4.39 Å². The SMILES string of the molecule is O=C(c1ccc(F)cc1Cl)N1CC2CC1CS2(=O)=O. The highest BCUT2D eigenvalue weighted by Crippen LogP contribution is 2.34. The van der Waals surface area contributed by atoms with Crippen LogP contribution in [0.25, 0.3) is 0 Å². The molecule has 2 aliphatic rings. The average molecular weight is 304 g/mol. The van der Waals surface area contributed by atoms with Crippen LogP contribution in [0, 0.1) is 5.82 Å².